The molecule has 0 spiro atoms. The molecule has 26 heavy (non-hydrogen) atoms. The molecule has 6 heteroatoms. The van der Waals surface area contributed by atoms with Crippen LogP contribution in [0.2, 0.25) is 0 Å². The highest BCUT2D eigenvalue weighted by atomic mass is 16.1. The number of carbonyl (C=O) groups excluding carboxylic acids is 1. The molecule has 2 aromatic carbocycles. The topological polar surface area (TPSA) is 71.8 Å². The minimum absolute atomic E-state index is 0.178. The number of pyridine rings is 1. The van der Waals surface area contributed by atoms with Crippen LogP contribution >= 0.6 is 0 Å². The highest BCUT2D eigenvalue weighted by molar-refractivity contribution is 6.13. The molecule has 0 radical (unpaired) electrons. The van der Waals surface area contributed by atoms with Gasteiger partial charge in [-0.05, 0) is 24.3 Å². The number of aryl methyl sites for hydroxylation is 1. The largest absolute Gasteiger partial charge is 0.325 e. The Morgan fingerprint density at radius 2 is 1.77 bits per heavy atom. The third kappa shape index (κ3) is 3.12. The maximum Gasteiger partial charge on any atom is 0.256 e. The quantitative estimate of drug-likeness (QED) is 0.588. The lowest BCUT2D eigenvalue weighted by Crippen LogP contribution is -2.13. The number of rotatable bonds is 4. The molecule has 0 bridgehead atoms. The minimum atomic E-state index is -0.178. The van der Waals surface area contributed by atoms with Crippen LogP contribution in [0.15, 0.2) is 72.9 Å². The molecule has 0 atom stereocenters. The lowest BCUT2D eigenvalue weighted by Gasteiger charge is -2.12. The fourth-order valence-corrected chi connectivity index (χ4v) is 2.78. The van der Waals surface area contributed by atoms with E-state index in [2.05, 4.69) is 20.7 Å². The first-order valence-electron chi connectivity index (χ1n) is 8.22. The van der Waals surface area contributed by atoms with Gasteiger partial charge in [-0.25, -0.2) is 4.98 Å². The summed E-state index contributed by atoms with van der Waals surface area (Å²) in [6, 6.07) is 20.6. The second-order valence-electron chi connectivity index (χ2n) is 5.86. The van der Waals surface area contributed by atoms with Crippen LogP contribution in [-0.2, 0) is 7.05 Å². The van der Waals surface area contributed by atoms with Crippen LogP contribution in [0.5, 0.6) is 0 Å². The predicted octanol–water partition coefficient (Wildman–Crippen LogP) is 3.96. The molecule has 128 valence electrons. The summed E-state index contributed by atoms with van der Waals surface area (Å²) in [7, 11) is 1.84. The maximum absolute atomic E-state index is 12.9. The van der Waals surface area contributed by atoms with Gasteiger partial charge in [0.1, 0.15) is 11.6 Å². The van der Waals surface area contributed by atoms with E-state index >= 15 is 0 Å². The molecule has 2 aromatic heterocycles. The van der Waals surface area contributed by atoms with Crippen LogP contribution in [0.1, 0.15) is 10.4 Å². The van der Waals surface area contributed by atoms with Gasteiger partial charge in [0, 0.05) is 24.2 Å². The number of benzene rings is 2. The number of carbonyl (C=O) groups is 1. The number of fused-ring (bicyclic) bond motifs is 1. The molecule has 0 aliphatic heterocycles. The lowest BCUT2D eigenvalue weighted by molar-refractivity contribution is 0.102. The second-order valence-corrected chi connectivity index (χ2v) is 5.86. The molecule has 0 fully saturated rings. The average molecular weight is 343 g/mol. The zero-order chi connectivity index (χ0) is 17.9. The number of para-hydroxylation sites is 2. The van der Waals surface area contributed by atoms with Crippen LogP contribution in [0.25, 0.3) is 10.9 Å². The zero-order valence-electron chi connectivity index (χ0n) is 14.2. The first-order valence-corrected chi connectivity index (χ1v) is 8.22. The summed E-state index contributed by atoms with van der Waals surface area (Å²) in [5, 5.41) is 11.1. The van der Waals surface area contributed by atoms with E-state index in [1.807, 2.05) is 67.7 Å². The maximum atomic E-state index is 12.9. The van der Waals surface area contributed by atoms with Crippen LogP contribution in [-0.4, -0.2) is 20.7 Å². The van der Waals surface area contributed by atoms with Gasteiger partial charge in [-0.2, -0.15) is 5.10 Å². The molecule has 4 rings (SSSR count). The highest BCUT2D eigenvalue weighted by Gasteiger charge is 2.14. The van der Waals surface area contributed by atoms with Crippen molar-refractivity contribution in [3.63, 3.8) is 0 Å². The van der Waals surface area contributed by atoms with E-state index in [9.17, 15) is 4.79 Å². The Hall–Kier alpha value is -3.67. The van der Waals surface area contributed by atoms with Crippen LogP contribution < -0.4 is 10.6 Å². The van der Waals surface area contributed by atoms with Gasteiger partial charge >= 0.3 is 0 Å². The van der Waals surface area contributed by atoms with E-state index in [4.69, 9.17) is 0 Å². The van der Waals surface area contributed by atoms with Crippen LogP contribution in [0.3, 0.4) is 0 Å². The Morgan fingerprint density at radius 3 is 2.54 bits per heavy atom. The molecule has 0 saturated carbocycles. The van der Waals surface area contributed by atoms with Crippen molar-refractivity contribution in [2.75, 3.05) is 10.6 Å². The monoisotopic (exact) mass is 343 g/mol. The van der Waals surface area contributed by atoms with E-state index in [-0.39, 0.29) is 5.91 Å². The molecule has 1 amide bonds. The third-order valence-corrected chi connectivity index (χ3v) is 4.07. The lowest BCUT2D eigenvalue weighted by atomic mass is 10.1. The van der Waals surface area contributed by atoms with E-state index < -0.39 is 0 Å². The Labute approximate surface area is 150 Å². The summed E-state index contributed by atoms with van der Waals surface area (Å²) in [6.45, 7) is 0. The minimum Gasteiger partial charge on any atom is -0.325 e. The number of aromatic nitrogens is 3. The molecule has 0 aliphatic carbocycles. The molecule has 0 aliphatic rings. The van der Waals surface area contributed by atoms with Gasteiger partial charge in [0.25, 0.3) is 5.91 Å². The standard InChI is InChI=1S/C20H17N5O/c1-25-19(11-12-21-25)24-18-13-16(15-9-5-6-10-17(15)23-18)20(26)22-14-7-3-2-4-8-14/h2-13H,1H3,(H,22,26)(H,23,24). The fraction of sp³-hybridized carbons (Fsp3) is 0.0500. The Bertz CT molecular complexity index is 1070. The first-order chi connectivity index (χ1) is 12.7. The van der Waals surface area contributed by atoms with Crippen molar-refractivity contribution in [1.29, 1.82) is 0 Å². The predicted molar refractivity (Wildman–Crippen MR) is 103 cm³/mol. The normalized spacial score (nSPS) is 10.7. The second kappa shape index (κ2) is 6.68. The molecule has 2 N–H and O–H groups in total. The number of nitrogens with one attached hydrogen (secondary N) is 2. The van der Waals surface area contributed by atoms with Gasteiger partial charge in [0.2, 0.25) is 0 Å². The Balaban J connectivity index is 1.74. The molecule has 6 nitrogen and oxygen atoms in total. The average Bonchev–Trinajstić information content (AvgIpc) is 3.06. The summed E-state index contributed by atoms with van der Waals surface area (Å²) in [6.07, 6.45) is 1.70. The Morgan fingerprint density at radius 1 is 1.00 bits per heavy atom. The van der Waals surface area contributed by atoms with Crippen molar-refractivity contribution in [3.8, 4) is 0 Å². The first kappa shape index (κ1) is 15.8. The summed E-state index contributed by atoms with van der Waals surface area (Å²) in [5.41, 5.74) is 2.06. The van der Waals surface area contributed by atoms with Gasteiger partial charge in [-0.15, -0.1) is 0 Å². The summed E-state index contributed by atoms with van der Waals surface area (Å²) >= 11 is 0. The number of anilines is 3. The summed E-state index contributed by atoms with van der Waals surface area (Å²) in [4.78, 5) is 17.5. The molecular formula is C20H17N5O. The number of hydrogen-bond donors (Lipinski definition) is 2. The SMILES string of the molecule is Cn1nccc1Nc1cc(C(=O)Nc2ccccc2)c2ccccc2n1. The van der Waals surface area contributed by atoms with Crippen LogP contribution in [0, 0.1) is 0 Å². The highest BCUT2D eigenvalue weighted by Crippen LogP contribution is 2.24. The summed E-state index contributed by atoms with van der Waals surface area (Å²) in [5.74, 6) is 1.20. The van der Waals surface area contributed by atoms with Crippen LogP contribution in [0.4, 0.5) is 17.3 Å². The van der Waals surface area contributed by atoms with E-state index in [0.717, 1.165) is 22.4 Å². The molecule has 4 aromatic rings. The summed E-state index contributed by atoms with van der Waals surface area (Å²) < 4.78 is 1.71. The van der Waals surface area contributed by atoms with E-state index in [1.54, 1.807) is 16.9 Å². The third-order valence-electron chi connectivity index (χ3n) is 4.07. The van der Waals surface area contributed by atoms with Gasteiger partial charge in [-0.1, -0.05) is 36.4 Å². The molecular weight excluding hydrogens is 326 g/mol. The molecule has 0 unspecified atom stereocenters. The molecule has 2 heterocycles. The van der Waals surface area contributed by atoms with E-state index in [0.29, 0.717) is 11.4 Å². The van der Waals surface area contributed by atoms with Crippen molar-refractivity contribution in [1.82, 2.24) is 14.8 Å². The van der Waals surface area contributed by atoms with Gasteiger partial charge < -0.3 is 10.6 Å². The fourth-order valence-electron chi connectivity index (χ4n) is 2.78. The van der Waals surface area contributed by atoms with Crippen molar-refractivity contribution < 1.29 is 4.79 Å². The van der Waals surface area contributed by atoms with Gasteiger partial charge in [0.05, 0.1) is 17.3 Å². The van der Waals surface area contributed by atoms with E-state index in [1.165, 1.54) is 0 Å². The van der Waals surface area contributed by atoms with Crippen molar-refractivity contribution in [2.45, 2.75) is 0 Å². The number of hydrogen-bond acceptors (Lipinski definition) is 4. The van der Waals surface area contributed by atoms with Gasteiger partial charge in [0.15, 0.2) is 0 Å². The Kier molecular flexibility index (Phi) is 4.07. The number of amides is 1. The smallest absolute Gasteiger partial charge is 0.256 e. The number of nitrogens with zero attached hydrogens (tertiary/aromatic N) is 3. The molecule has 0 saturated heterocycles. The van der Waals surface area contributed by atoms with Crippen molar-refractivity contribution >= 4 is 34.1 Å². The van der Waals surface area contributed by atoms with Gasteiger partial charge in [-0.3, -0.25) is 9.48 Å². The van der Waals surface area contributed by atoms with Crippen molar-refractivity contribution in [3.05, 3.63) is 78.5 Å². The zero-order valence-corrected chi connectivity index (χ0v) is 14.2. The van der Waals surface area contributed by atoms with Crippen molar-refractivity contribution in [2.24, 2.45) is 7.05 Å².